The molecule has 0 amide bonds. The Morgan fingerprint density at radius 2 is 1.83 bits per heavy atom. The lowest BCUT2D eigenvalue weighted by Gasteiger charge is -2.35. The largest absolute Gasteiger partial charge is 0.405 e. The first-order valence-corrected chi connectivity index (χ1v) is 8.56. The number of alkyl halides is 3. The highest BCUT2D eigenvalue weighted by Gasteiger charge is 2.44. The van der Waals surface area contributed by atoms with Crippen LogP contribution in [0.3, 0.4) is 0 Å². The van der Waals surface area contributed by atoms with Crippen molar-refractivity contribution in [1.29, 1.82) is 0 Å². The van der Waals surface area contributed by atoms with Gasteiger partial charge in [-0.25, -0.2) is 21.9 Å². The van der Waals surface area contributed by atoms with E-state index in [4.69, 9.17) is 0 Å². The second kappa shape index (κ2) is 7.30. The maximum Gasteiger partial charge on any atom is 0.405 e. The number of nitrogens with one attached hydrogen (secondary N) is 2. The molecule has 136 valence electrons. The minimum atomic E-state index is -4.65. The molecule has 0 radical (unpaired) electrons. The predicted molar refractivity (Wildman–Crippen MR) is 75.8 cm³/mol. The van der Waals surface area contributed by atoms with Crippen LogP contribution in [0.25, 0.3) is 0 Å². The zero-order valence-corrected chi connectivity index (χ0v) is 13.2. The average Bonchev–Trinajstić information content (AvgIpc) is 2.46. The van der Waals surface area contributed by atoms with Gasteiger partial charge in [-0.3, -0.25) is 4.90 Å². The van der Waals surface area contributed by atoms with Crippen LogP contribution in [0.15, 0.2) is 23.1 Å². The smallest absolute Gasteiger partial charge is 0.314 e. The third kappa shape index (κ3) is 4.62. The van der Waals surface area contributed by atoms with E-state index in [1.54, 1.807) is 4.72 Å². The van der Waals surface area contributed by atoms with Crippen molar-refractivity contribution in [3.05, 3.63) is 29.8 Å². The van der Waals surface area contributed by atoms with Crippen LogP contribution in [0.1, 0.15) is 0 Å². The van der Waals surface area contributed by atoms with E-state index in [0.29, 0.717) is 25.2 Å². The molecule has 1 aromatic carbocycles. The number of sulfonamides is 1. The summed E-state index contributed by atoms with van der Waals surface area (Å²) >= 11 is 0. The van der Waals surface area contributed by atoms with Crippen LogP contribution in [-0.2, 0) is 10.0 Å². The lowest BCUT2D eigenvalue weighted by molar-refractivity contribution is -0.182. The molecule has 1 unspecified atom stereocenters. The molecule has 5 nitrogen and oxygen atoms in total. The van der Waals surface area contributed by atoms with Gasteiger partial charge in [0.25, 0.3) is 0 Å². The summed E-state index contributed by atoms with van der Waals surface area (Å²) in [6, 6.07) is -0.292. The maximum atomic E-state index is 13.6. The van der Waals surface area contributed by atoms with E-state index in [-0.39, 0.29) is 13.1 Å². The van der Waals surface area contributed by atoms with E-state index in [2.05, 4.69) is 5.32 Å². The Bertz CT molecular complexity index is 675. The molecule has 11 heteroatoms. The van der Waals surface area contributed by atoms with Gasteiger partial charge in [0, 0.05) is 38.8 Å². The summed E-state index contributed by atoms with van der Waals surface area (Å²) < 4.78 is 91.8. The summed E-state index contributed by atoms with van der Waals surface area (Å²) in [7, 11) is -4.54. The highest BCUT2D eigenvalue weighted by molar-refractivity contribution is 7.89. The number of piperazine rings is 1. The molecule has 2 rings (SSSR count). The molecule has 1 saturated heterocycles. The summed E-state index contributed by atoms with van der Waals surface area (Å²) in [5.74, 6) is -2.35. The van der Waals surface area contributed by atoms with Crippen molar-refractivity contribution in [1.82, 2.24) is 14.9 Å². The Hall–Kier alpha value is -1.30. The maximum absolute atomic E-state index is 13.6. The molecule has 1 aliphatic rings. The van der Waals surface area contributed by atoms with Crippen LogP contribution < -0.4 is 10.0 Å². The normalized spacial score (nSPS) is 18.5. The molecule has 1 aromatic rings. The molecule has 1 heterocycles. The monoisotopic (exact) mass is 373 g/mol. The van der Waals surface area contributed by atoms with Crippen LogP contribution in [0.5, 0.6) is 0 Å². The lowest BCUT2D eigenvalue weighted by Crippen LogP contribution is -2.57. The highest BCUT2D eigenvalue weighted by atomic mass is 32.2. The number of hydrogen-bond donors (Lipinski definition) is 2. The molecular weight excluding hydrogens is 357 g/mol. The quantitative estimate of drug-likeness (QED) is 0.759. The van der Waals surface area contributed by atoms with E-state index < -0.39 is 45.3 Å². The van der Waals surface area contributed by atoms with Gasteiger partial charge < -0.3 is 5.32 Å². The molecule has 2 N–H and O–H groups in total. The van der Waals surface area contributed by atoms with Gasteiger partial charge in [-0.15, -0.1) is 0 Å². The number of benzene rings is 1. The van der Waals surface area contributed by atoms with Crippen molar-refractivity contribution in [2.24, 2.45) is 0 Å². The fourth-order valence-electron chi connectivity index (χ4n) is 2.41. The first kappa shape index (κ1) is 19.0. The van der Waals surface area contributed by atoms with Crippen molar-refractivity contribution >= 4 is 10.0 Å². The van der Waals surface area contributed by atoms with Gasteiger partial charge in [-0.05, 0) is 12.1 Å². The van der Waals surface area contributed by atoms with E-state index in [9.17, 15) is 30.4 Å². The summed E-state index contributed by atoms with van der Waals surface area (Å²) in [6.07, 6.45) is -4.65. The van der Waals surface area contributed by atoms with Gasteiger partial charge in [0.2, 0.25) is 10.0 Å². The molecule has 24 heavy (non-hydrogen) atoms. The van der Waals surface area contributed by atoms with Gasteiger partial charge in [0.05, 0.1) is 0 Å². The third-order valence-electron chi connectivity index (χ3n) is 3.62. The van der Waals surface area contributed by atoms with Crippen molar-refractivity contribution < 1.29 is 30.4 Å². The summed E-state index contributed by atoms with van der Waals surface area (Å²) in [5.41, 5.74) is 0. The Balaban J connectivity index is 2.15. The fraction of sp³-hybridized carbons (Fsp3) is 0.538. The zero-order valence-electron chi connectivity index (χ0n) is 12.4. The first-order chi connectivity index (χ1) is 11.1. The van der Waals surface area contributed by atoms with Crippen LogP contribution >= 0.6 is 0 Å². The summed E-state index contributed by atoms with van der Waals surface area (Å²) in [4.78, 5) is 0.213. The number of hydrogen-bond acceptors (Lipinski definition) is 4. The van der Waals surface area contributed by atoms with Gasteiger partial charge in [-0.2, -0.15) is 13.2 Å². The molecule has 0 bridgehead atoms. The van der Waals surface area contributed by atoms with Crippen LogP contribution in [-0.4, -0.2) is 58.3 Å². The zero-order chi connectivity index (χ0) is 18.0. The van der Waals surface area contributed by atoms with Gasteiger partial charge in [0.15, 0.2) is 0 Å². The highest BCUT2D eigenvalue weighted by Crippen LogP contribution is 2.25. The molecule has 0 spiro atoms. The summed E-state index contributed by atoms with van der Waals surface area (Å²) in [6.45, 7) is -0.0336. The van der Waals surface area contributed by atoms with Crippen molar-refractivity contribution in [3.63, 3.8) is 0 Å². The standard InChI is InChI=1S/C13H16F5N3O2S/c14-9-1-2-11(10(15)7-9)24(22,23)20-8-12(13(16,17)18)21-5-3-19-4-6-21/h1-2,7,12,19-20H,3-6,8H2. The Morgan fingerprint density at radius 1 is 1.21 bits per heavy atom. The Morgan fingerprint density at radius 3 is 2.38 bits per heavy atom. The first-order valence-electron chi connectivity index (χ1n) is 7.07. The van der Waals surface area contributed by atoms with E-state index >= 15 is 0 Å². The average molecular weight is 373 g/mol. The third-order valence-corrected chi connectivity index (χ3v) is 5.08. The molecule has 1 aliphatic heterocycles. The van der Waals surface area contributed by atoms with Crippen LogP contribution in [0.4, 0.5) is 22.0 Å². The van der Waals surface area contributed by atoms with Crippen molar-refractivity contribution in [3.8, 4) is 0 Å². The fourth-order valence-corrected chi connectivity index (χ4v) is 3.50. The topological polar surface area (TPSA) is 61.4 Å². The van der Waals surface area contributed by atoms with Gasteiger partial charge in [-0.1, -0.05) is 0 Å². The second-order valence-corrected chi connectivity index (χ2v) is 7.01. The number of rotatable bonds is 5. The SMILES string of the molecule is O=S(=O)(NCC(N1CCNCC1)C(F)(F)F)c1ccc(F)cc1F. The molecule has 0 saturated carbocycles. The van der Waals surface area contributed by atoms with E-state index in [1.165, 1.54) is 0 Å². The van der Waals surface area contributed by atoms with E-state index in [1.807, 2.05) is 0 Å². The number of halogens is 5. The summed E-state index contributed by atoms with van der Waals surface area (Å²) in [5, 5.41) is 2.90. The van der Waals surface area contributed by atoms with Gasteiger partial charge >= 0.3 is 6.18 Å². The van der Waals surface area contributed by atoms with Gasteiger partial charge in [0.1, 0.15) is 22.6 Å². The molecule has 1 fully saturated rings. The Labute approximate surface area is 135 Å². The number of nitrogens with zero attached hydrogens (tertiary/aromatic N) is 1. The lowest BCUT2D eigenvalue weighted by atomic mass is 10.2. The predicted octanol–water partition coefficient (Wildman–Crippen LogP) is 1.08. The van der Waals surface area contributed by atoms with Crippen LogP contribution in [0, 0.1) is 11.6 Å². The van der Waals surface area contributed by atoms with Crippen molar-refractivity contribution in [2.75, 3.05) is 32.7 Å². The molecule has 1 atom stereocenters. The minimum Gasteiger partial charge on any atom is -0.314 e. The van der Waals surface area contributed by atoms with E-state index in [0.717, 1.165) is 11.0 Å². The Kier molecular flexibility index (Phi) is 5.78. The molecule has 0 aromatic heterocycles. The van der Waals surface area contributed by atoms with Crippen molar-refractivity contribution in [2.45, 2.75) is 17.1 Å². The molecular formula is C13H16F5N3O2S. The second-order valence-electron chi connectivity index (χ2n) is 5.27. The molecule has 0 aliphatic carbocycles. The van der Waals surface area contributed by atoms with Crippen LogP contribution in [0.2, 0.25) is 0 Å². The minimum absolute atomic E-state index is 0.108.